The fourth-order valence-corrected chi connectivity index (χ4v) is 4.73. The van der Waals surface area contributed by atoms with Gasteiger partial charge in [0.15, 0.2) is 0 Å². The molecule has 1 aromatic rings. The molecule has 6 atom stereocenters. The fourth-order valence-electron chi connectivity index (χ4n) is 4.73. The quantitative estimate of drug-likeness (QED) is 0.647. The van der Waals surface area contributed by atoms with E-state index in [1.54, 1.807) is 18.3 Å². The van der Waals surface area contributed by atoms with E-state index in [-0.39, 0.29) is 35.5 Å². The van der Waals surface area contributed by atoms with Gasteiger partial charge in [0, 0.05) is 12.4 Å². The standard InChI is InChI=1S/C17H15N3O3/c21-15(8-2-1-5-18-7-8)19-20-16(22)13-9-3-4-10(12-6-11(9)12)14(13)17(20)23/h1-5,7,9-14H,6H2,(H,19,21)/t9-,10-,11-,12+,13+,14+/m0/s1. The summed E-state index contributed by atoms with van der Waals surface area (Å²) in [5, 5.41) is 0.947. The highest BCUT2D eigenvalue weighted by Gasteiger charge is 2.67. The maximum atomic E-state index is 12.7. The zero-order chi connectivity index (χ0) is 15.7. The number of aromatic nitrogens is 1. The molecule has 4 aliphatic carbocycles. The summed E-state index contributed by atoms with van der Waals surface area (Å²) in [6, 6.07) is 3.24. The van der Waals surface area contributed by atoms with Gasteiger partial charge in [0.2, 0.25) is 0 Å². The van der Waals surface area contributed by atoms with E-state index in [4.69, 9.17) is 0 Å². The van der Waals surface area contributed by atoms with E-state index in [0.29, 0.717) is 17.4 Å². The van der Waals surface area contributed by atoms with Crippen molar-refractivity contribution in [3.8, 4) is 0 Å². The molecule has 1 N–H and O–H groups in total. The van der Waals surface area contributed by atoms with Crippen molar-refractivity contribution in [1.29, 1.82) is 0 Å². The van der Waals surface area contributed by atoms with Crippen LogP contribution in [0.1, 0.15) is 16.8 Å². The van der Waals surface area contributed by atoms with Crippen LogP contribution in [0.15, 0.2) is 36.7 Å². The Morgan fingerprint density at radius 1 is 1.13 bits per heavy atom. The lowest BCUT2D eigenvalue weighted by Gasteiger charge is -2.37. The van der Waals surface area contributed by atoms with Crippen LogP contribution >= 0.6 is 0 Å². The third kappa shape index (κ3) is 1.63. The number of amides is 3. The van der Waals surface area contributed by atoms with Crippen molar-refractivity contribution in [2.75, 3.05) is 0 Å². The highest BCUT2D eigenvalue weighted by molar-refractivity contribution is 6.08. The molecule has 1 saturated heterocycles. The van der Waals surface area contributed by atoms with Crippen LogP contribution in [-0.2, 0) is 9.59 Å². The molecule has 6 heteroatoms. The predicted molar refractivity (Wildman–Crippen MR) is 78.3 cm³/mol. The van der Waals surface area contributed by atoms with Crippen molar-refractivity contribution < 1.29 is 14.4 Å². The summed E-state index contributed by atoms with van der Waals surface area (Å²) in [4.78, 5) is 41.5. The van der Waals surface area contributed by atoms with Crippen LogP contribution in [0.4, 0.5) is 0 Å². The van der Waals surface area contributed by atoms with E-state index in [1.165, 1.54) is 6.20 Å². The predicted octanol–water partition coefficient (Wildman–Crippen LogP) is 0.779. The Morgan fingerprint density at radius 2 is 1.78 bits per heavy atom. The van der Waals surface area contributed by atoms with Crippen molar-refractivity contribution in [2.45, 2.75) is 6.42 Å². The second-order valence-electron chi connectivity index (χ2n) is 6.85. The molecule has 3 amide bonds. The molecule has 1 aromatic heterocycles. The van der Waals surface area contributed by atoms with E-state index in [2.05, 4.69) is 22.6 Å². The van der Waals surface area contributed by atoms with Crippen LogP contribution in [0.5, 0.6) is 0 Å². The molecule has 6 nitrogen and oxygen atoms in total. The number of rotatable bonds is 2. The first kappa shape index (κ1) is 13.0. The minimum Gasteiger partial charge on any atom is -0.272 e. The van der Waals surface area contributed by atoms with Gasteiger partial charge >= 0.3 is 0 Å². The van der Waals surface area contributed by atoms with Crippen molar-refractivity contribution >= 4 is 17.7 Å². The molecular formula is C17H15N3O3. The van der Waals surface area contributed by atoms with Crippen LogP contribution in [0.25, 0.3) is 0 Å². The Hall–Kier alpha value is -2.50. The number of hydrogen-bond donors (Lipinski definition) is 1. The van der Waals surface area contributed by atoms with Gasteiger partial charge in [-0.05, 0) is 42.2 Å². The highest BCUT2D eigenvalue weighted by atomic mass is 16.2. The first-order chi connectivity index (χ1) is 11.2. The minimum absolute atomic E-state index is 0.159. The fraction of sp³-hybridized carbons (Fsp3) is 0.412. The second-order valence-corrected chi connectivity index (χ2v) is 6.85. The molecule has 5 aliphatic rings. The summed E-state index contributed by atoms with van der Waals surface area (Å²) in [6.45, 7) is 0. The summed E-state index contributed by atoms with van der Waals surface area (Å²) in [5.41, 5.74) is 2.80. The molecule has 0 unspecified atom stereocenters. The molecule has 2 bridgehead atoms. The maximum Gasteiger partial charge on any atom is 0.271 e. The van der Waals surface area contributed by atoms with Gasteiger partial charge in [-0.2, -0.15) is 5.01 Å². The van der Waals surface area contributed by atoms with Crippen LogP contribution in [0.3, 0.4) is 0 Å². The van der Waals surface area contributed by atoms with E-state index >= 15 is 0 Å². The van der Waals surface area contributed by atoms with Crippen molar-refractivity contribution in [2.24, 2.45) is 35.5 Å². The Morgan fingerprint density at radius 3 is 2.35 bits per heavy atom. The molecule has 1 aliphatic heterocycles. The molecule has 3 fully saturated rings. The Balaban J connectivity index is 1.42. The van der Waals surface area contributed by atoms with Gasteiger partial charge in [-0.1, -0.05) is 12.2 Å². The van der Waals surface area contributed by atoms with Gasteiger partial charge in [0.05, 0.1) is 17.4 Å². The van der Waals surface area contributed by atoms with Gasteiger partial charge in [0.25, 0.3) is 17.7 Å². The smallest absolute Gasteiger partial charge is 0.271 e. The van der Waals surface area contributed by atoms with Gasteiger partial charge in [-0.15, -0.1) is 0 Å². The SMILES string of the molecule is O=C(NN1C(=O)[C@@H]2[C@H]3C=C[C@@H]([C@@H]4C[C@H]34)[C@H]2C1=O)c1cccnc1. The molecule has 116 valence electrons. The Kier molecular flexibility index (Phi) is 2.42. The third-order valence-corrected chi connectivity index (χ3v) is 5.80. The number of pyridine rings is 1. The summed E-state index contributed by atoms with van der Waals surface area (Å²) in [5.74, 6) is -0.175. The van der Waals surface area contributed by atoms with Gasteiger partial charge in [-0.3, -0.25) is 24.8 Å². The Labute approximate surface area is 132 Å². The lowest BCUT2D eigenvalue weighted by molar-refractivity contribution is -0.143. The van der Waals surface area contributed by atoms with Crippen LogP contribution in [0, 0.1) is 35.5 Å². The molecule has 23 heavy (non-hydrogen) atoms. The number of carbonyl (C=O) groups excluding carboxylic acids is 3. The van der Waals surface area contributed by atoms with E-state index in [9.17, 15) is 14.4 Å². The molecular weight excluding hydrogens is 294 g/mol. The maximum absolute atomic E-state index is 12.7. The number of nitrogens with one attached hydrogen (secondary N) is 1. The first-order valence-electron chi connectivity index (χ1n) is 7.94. The van der Waals surface area contributed by atoms with E-state index in [1.807, 2.05) is 0 Å². The topological polar surface area (TPSA) is 79.4 Å². The Bertz CT molecular complexity index is 724. The van der Waals surface area contributed by atoms with Crippen molar-refractivity contribution in [1.82, 2.24) is 15.4 Å². The normalized spacial score (nSPS) is 39.2. The third-order valence-electron chi connectivity index (χ3n) is 5.80. The second kappa shape index (κ2) is 4.28. The number of nitrogens with zero attached hydrogens (tertiary/aromatic N) is 2. The van der Waals surface area contributed by atoms with Gasteiger partial charge < -0.3 is 0 Å². The van der Waals surface area contributed by atoms with E-state index < -0.39 is 5.91 Å². The van der Waals surface area contributed by atoms with Crippen LogP contribution in [0.2, 0.25) is 0 Å². The average Bonchev–Trinajstić information content (AvgIpc) is 3.37. The molecule has 6 rings (SSSR count). The summed E-state index contributed by atoms with van der Waals surface area (Å²) in [6.07, 6.45) is 8.31. The zero-order valence-electron chi connectivity index (χ0n) is 12.3. The van der Waals surface area contributed by atoms with Gasteiger partial charge in [0.1, 0.15) is 0 Å². The van der Waals surface area contributed by atoms with Crippen molar-refractivity contribution in [3.63, 3.8) is 0 Å². The number of carbonyl (C=O) groups is 3. The number of hydrogen-bond acceptors (Lipinski definition) is 4. The first-order valence-corrected chi connectivity index (χ1v) is 7.94. The molecule has 0 aromatic carbocycles. The van der Waals surface area contributed by atoms with Crippen LogP contribution in [-0.4, -0.2) is 27.7 Å². The molecule has 2 heterocycles. The number of allylic oxidation sites excluding steroid dienone is 2. The van der Waals surface area contributed by atoms with Gasteiger partial charge in [-0.25, -0.2) is 0 Å². The summed E-state index contributed by atoms with van der Waals surface area (Å²) in [7, 11) is 0. The van der Waals surface area contributed by atoms with Crippen molar-refractivity contribution in [3.05, 3.63) is 42.2 Å². The molecule has 0 radical (unpaired) electrons. The molecule has 2 saturated carbocycles. The number of imide groups is 1. The lowest BCUT2D eigenvalue weighted by atomic mass is 9.63. The number of hydrazine groups is 1. The monoisotopic (exact) mass is 309 g/mol. The zero-order valence-corrected chi connectivity index (χ0v) is 12.3. The highest BCUT2D eigenvalue weighted by Crippen LogP contribution is 2.65. The van der Waals surface area contributed by atoms with E-state index in [0.717, 1.165) is 11.4 Å². The minimum atomic E-state index is -0.482. The average molecular weight is 309 g/mol. The van der Waals surface area contributed by atoms with Crippen LogP contribution < -0.4 is 5.43 Å². The summed E-state index contributed by atoms with van der Waals surface area (Å²) >= 11 is 0. The lowest BCUT2D eigenvalue weighted by Crippen LogP contribution is -2.46. The summed E-state index contributed by atoms with van der Waals surface area (Å²) < 4.78 is 0. The largest absolute Gasteiger partial charge is 0.272 e. The molecule has 0 spiro atoms.